The summed E-state index contributed by atoms with van der Waals surface area (Å²) in [6.45, 7) is 4.23. The van der Waals surface area contributed by atoms with Gasteiger partial charge in [0.05, 0.1) is 11.0 Å². The first kappa shape index (κ1) is 18.8. The first-order valence-electron chi connectivity index (χ1n) is 9.98. The van der Waals surface area contributed by atoms with Gasteiger partial charge < -0.3 is 20.4 Å². The molecule has 0 radical (unpaired) electrons. The van der Waals surface area contributed by atoms with Gasteiger partial charge >= 0.3 is 0 Å². The highest BCUT2D eigenvalue weighted by Gasteiger charge is 2.29. The fourth-order valence-electron chi connectivity index (χ4n) is 3.89. The molecule has 3 aromatic rings. The minimum Gasteiger partial charge on any atom is -0.377 e. The Balaban J connectivity index is 1.47. The number of ether oxygens (including phenoxy) is 1. The largest absolute Gasteiger partial charge is 0.377 e. The summed E-state index contributed by atoms with van der Waals surface area (Å²) in [4.78, 5) is 14.0. The number of para-hydroxylation sites is 2. The zero-order valence-electron chi connectivity index (χ0n) is 16.6. The van der Waals surface area contributed by atoms with Crippen molar-refractivity contribution in [3.8, 4) is 0 Å². The molecule has 2 heterocycles. The average Bonchev–Trinajstić information content (AvgIpc) is 3.03. The topological polar surface area (TPSA) is 90.9 Å². The quantitative estimate of drug-likeness (QED) is 0.624. The molecule has 1 aliphatic rings. The number of imidazole rings is 1. The van der Waals surface area contributed by atoms with Gasteiger partial charge in [-0.25, -0.2) is 15.0 Å². The fraction of sp³-hybridized carbons (Fsp3) is 0.476. The van der Waals surface area contributed by atoms with Gasteiger partial charge in [-0.05, 0) is 31.9 Å². The first-order chi connectivity index (χ1) is 13.7. The molecular formula is C21H28N6O. The molecule has 7 heteroatoms. The lowest BCUT2D eigenvalue weighted by molar-refractivity contribution is 0.177. The minimum absolute atomic E-state index is 0.296. The molecule has 3 N–H and O–H groups in total. The van der Waals surface area contributed by atoms with Gasteiger partial charge in [0.15, 0.2) is 5.82 Å². The SMILES string of the molecule is CCn1c(CCNc2cc(C3CC(N)C3)nc(COC)n2)nc2ccccc21. The Morgan fingerprint density at radius 3 is 2.79 bits per heavy atom. The summed E-state index contributed by atoms with van der Waals surface area (Å²) in [5, 5.41) is 3.45. The predicted octanol–water partition coefficient (Wildman–Crippen LogP) is 2.85. The summed E-state index contributed by atoms with van der Waals surface area (Å²) in [6.07, 6.45) is 2.81. The Labute approximate surface area is 165 Å². The number of aromatic nitrogens is 4. The van der Waals surface area contributed by atoms with E-state index in [-0.39, 0.29) is 0 Å². The van der Waals surface area contributed by atoms with Gasteiger partial charge in [0.1, 0.15) is 18.2 Å². The van der Waals surface area contributed by atoms with E-state index in [1.54, 1.807) is 7.11 Å². The summed E-state index contributed by atoms with van der Waals surface area (Å²) in [6, 6.07) is 10.6. The molecule has 1 saturated carbocycles. The molecule has 7 nitrogen and oxygen atoms in total. The van der Waals surface area contributed by atoms with E-state index in [4.69, 9.17) is 15.5 Å². The third-order valence-corrected chi connectivity index (χ3v) is 5.36. The van der Waals surface area contributed by atoms with Gasteiger partial charge in [0.2, 0.25) is 0 Å². The molecule has 0 unspecified atom stereocenters. The van der Waals surface area contributed by atoms with Crippen LogP contribution in [-0.2, 0) is 24.3 Å². The van der Waals surface area contributed by atoms with Crippen molar-refractivity contribution in [2.24, 2.45) is 5.73 Å². The van der Waals surface area contributed by atoms with Crippen molar-refractivity contribution in [3.63, 3.8) is 0 Å². The summed E-state index contributed by atoms with van der Waals surface area (Å²) in [7, 11) is 1.66. The Kier molecular flexibility index (Phi) is 5.54. The molecule has 1 aliphatic carbocycles. The van der Waals surface area contributed by atoms with E-state index in [2.05, 4.69) is 51.0 Å². The van der Waals surface area contributed by atoms with Crippen molar-refractivity contribution in [2.75, 3.05) is 19.0 Å². The third-order valence-electron chi connectivity index (χ3n) is 5.36. The molecule has 0 atom stereocenters. The standard InChI is InChI=1S/C21H28N6O/c1-3-27-18-7-5-4-6-16(18)25-21(27)8-9-23-19-12-17(14-10-15(22)11-14)24-20(26-19)13-28-2/h4-7,12,14-15H,3,8-11,13,22H2,1-2H3,(H,23,24,26). The van der Waals surface area contributed by atoms with Crippen LogP contribution < -0.4 is 11.1 Å². The minimum atomic E-state index is 0.296. The Hall–Kier alpha value is -2.51. The number of aryl methyl sites for hydroxylation is 1. The van der Waals surface area contributed by atoms with Crippen LogP contribution in [0.5, 0.6) is 0 Å². The fourth-order valence-corrected chi connectivity index (χ4v) is 3.89. The monoisotopic (exact) mass is 380 g/mol. The second-order valence-electron chi connectivity index (χ2n) is 7.39. The smallest absolute Gasteiger partial charge is 0.156 e. The van der Waals surface area contributed by atoms with E-state index in [9.17, 15) is 0 Å². The Morgan fingerprint density at radius 2 is 2.04 bits per heavy atom. The van der Waals surface area contributed by atoms with E-state index in [1.165, 1.54) is 5.52 Å². The number of rotatable bonds is 8. The zero-order chi connectivity index (χ0) is 19.5. The number of anilines is 1. The van der Waals surface area contributed by atoms with E-state index in [0.29, 0.717) is 24.4 Å². The molecule has 148 valence electrons. The van der Waals surface area contributed by atoms with Gasteiger partial charge in [-0.2, -0.15) is 0 Å². The van der Waals surface area contributed by atoms with Crippen LogP contribution in [0, 0.1) is 0 Å². The maximum atomic E-state index is 5.95. The molecule has 28 heavy (non-hydrogen) atoms. The second kappa shape index (κ2) is 8.24. The lowest BCUT2D eigenvalue weighted by atomic mass is 9.78. The number of hydrogen-bond acceptors (Lipinski definition) is 6. The van der Waals surface area contributed by atoms with E-state index in [1.807, 2.05) is 6.07 Å². The number of hydrogen-bond donors (Lipinski definition) is 2. The molecule has 0 amide bonds. The van der Waals surface area contributed by atoms with Crippen LogP contribution in [0.15, 0.2) is 30.3 Å². The third kappa shape index (κ3) is 3.86. The summed E-state index contributed by atoms with van der Waals surface area (Å²) < 4.78 is 7.51. The Bertz CT molecular complexity index is 947. The number of fused-ring (bicyclic) bond motifs is 1. The lowest BCUT2D eigenvalue weighted by Crippen LogP contribution is -2.35. The molecule has 0 saturated heterocycles. The van der Waals surface area contributed by atoms with Crippen LogP contribution in [0.3, 0.4) is 0 Å². The Morgan fingerprint density at radius 1 is 1.21 bits per heavy atom. The summed E-state index contributed by atoms with van der Waals surface area (Å²) >= 11 is 0. The van der Waals surface area contributed by atoms with Crippen LogP contribution >= 0.6 is 0 Å². The van der Waals surface area contributed by atoms with Gasteiger partial charge in [-0.1, -0.05) is 12.1 Å². The highest BCUT2D eigenvalue weighted by atomic mass is 16.5. The number of nitrogens with one attached hydrogen (secondary N) is 1. The van der Waals surface area contributed by atoms with E-state index < -0.39 is 0 Å². The molecule has 1 fully saturated rings. The van der Waals surface area contributed by atoms with Crippen molar-refractivity contribution in [1.29, 1.82) is 0 Å². The molecule has 0 bridgehead atoms. The number of nitrogens with two attached hydrogens (primary N) is 1. The normalized spacial score (nSPS) is 19.0. The molecule has 0 aliphatic heterocycles. The zero-order valence-corrected chi connectivity index (χ0v) is 16.6. The molecule has 0 spiro atoms. The van der Waals surface area contributed by atoms with E-state index in [0.717, 1.165) is 55.2 Å². The van der Waals surface area contributed by atoms with Crippen molar-refractivity contribution >= 4 is 16.9 Å². The maximum absolute atomic E-state index is 5.95. The highest BCUT2D eigenvalue weighted by Crippen LogP contribution is 2.35. The molecule has 2 aromatic heterocycles. The van der Waals surface area contributed by atoms with Crippen molar-refractivity contribution in [1.82, 2.24) is 19.5 Å². The lowest BCUT2D eigenvalue weighted by Gasteiger charge is -2.32. The van der Waals surface area contributed by atoms with Gasteiger partial charge in [-0.15, -0.1) is 0 Å². The van der Waals surface area contributed by atoms with E-state index >= 15 is 0 Å². The number of benzene rings is 1. The maximum Gasteiger partial charge on any atom is 0.156 e. The predicted molar refractivity (Wildman–Crippen MR) is 110 cm³/mol. The van der Waals surface area contributed by atoms with Crippen molar-refractivity contribution in [2.45, 2.75) is 51.3 Å². The number of methoxy groups -OCH3 is 1. The first-order valence-corrected chi connectivity index (χ1v) is 9.98. The highest BCUT2D eigenvalue weighted by molar-refractivity contribution is 5.75. The number of nitrogens with zero attached hydrogens (tertiary/aromatic N) is 4. The molecule has 4 rings (SSSR count). The summed E-state index contributed by atoms with van der Waals surface area (Å²) in [5.74, 6) is 3.08. The second-order valence-corrected chi connectivity index (χ2v) is 7.39. The van der Waals surface area contributed by atoms with Gasteiger partial charge in [-0.3, -0.25) is 0 Å². The van der Waals surface area contributed by atoms with Gasteiger partial charge in [0.25, 0.3) is 0 Å². The van der Waals surface area contributed by atoms with Crippen molar-refractivity contribution < 1.29 is 4.74 Å². The van der Waals surface area contributed by atoms with Crippen LogP contribution in [0.4, 0.5) is 5.82 Å². The average molecular weight is 380 g/mol. The van der Waals surface area contributed by atoms with Crippen LogP contribution in [0.25, 0.3) is 11.0 Å². The van der Waals surface area contributed by atoms with Crippen molar-refractivity contribution in [3.05, 3.63) is 47.7 Å². The molecular weight excluding hydrogens is 352 g/mol. The van der Waals surface area contributed by atoms with Gasteiger partial charge in [0, 0.05) is 50.3 Å². The van der Waals surface area contributed by atoms with Crippen LogP contribution in [-0.4, -0.2) is 39.2 Å². The molecule has 1 aromatic carbocycles. The van der Waals surface area contributed by atoms with Crippen LogP contribution in [0.2, 0.25) is 0 Å². The summed E-state index contributed by atoms with van der Waals surface area (Å²) in [5.41, 5.74) is 9.25. The van der Waals surface area contributed by atoms with Crippen LogP contribution in [0.1, 0.15) is 43.0 Å².